The Balaban J connectivity index is 2.15. The Morgan fingerprint density at radius 1 is 1.00 bits per heavy atom. The zero-order valence-corrected chi connectivity index (χ0v) is 10.3. The van der Waals surface area contributed by atoms with E-state index in [2.05, 4.69) is 0 Å². The summed E-state index contributed by atoms with van der Waals surface area (Å²) in [6.07, 6.45) is -0.853. The molecule has 19 heavy (non-hydrogen) atoms. The average Bonchev–Trinajstić information content (AvgIpc) is 2.42. The van der Waals surface area contributed by atoms with E-state index in [4.69, 9.17) is 5.73 Å². The minimum atomic E-state index is -1.24. The number of rotatable bonds is 4. The van der Waals surface area contributed by atoms with Crippen molar-refractivity contribution in [3.8, 4) is 0 Å². The highest BCUT2D eigenvalue weighted by Crippen LogP contribution is 2.22. The van der Waals surface area contributed by atoms with Gasteiger partial charge in [0.2, 0.25) is 0 Å². The first-order valence-electron chi connectivity index (χ1n) is 6.01. The topological polar surface area (TPSA) is 46.2 Å². The maximum atomic E-state index is 13.6. The number of hydrogen-bond donors (Lipinski definition) is 2. The molecule has 2 unspecified atom stereocenters. The van der Waals surface area contributed by atoms with Gasteiger partial charge in [-0.15, -0.1) is 0 Å². The molecule has 4 heteroatoms. The molecule has 0 aliphatic heterocycles. The van der Waals surface area contributed by atoms with Crippen molar-refractivity contribution >= 4 is 0 Å². The van der Waals surface area contributed by atoms with Crippen molar-refractivity contribution in [2.45, 2.75) is 18.6 Å². The van der Waals surface area contributed by atoms with E-state index >= 15 is 0 Å². The SMILES string of the molecule is NC(Cc1ccccc1)C(O)c1cccc(F)c1F. The summed E-state index contributed by atoms with van der Waals surface area (Å²) in [5.41, 5.74) is 6.69. The first-order chi connectivity index (χ1) is 9.09. The van der Waals surface area contributed by atoms with Crippen molar-refractivity contribution in [1.29, 1.82) is 0 Å². The molecule has 0 aliphatic rings. The van der Waals surface area contributed by atoms with E-state index in [9.17, 15) is 13.9 Å². The lowest BCUT2D eigenvalue weighted by Crippen LogP contribution is -2.31. The summed E-state index contributed by atoms with van der Waals surface area (Å²) < 4.78 is 26.7. The number of nitrogens with two attached hydrogens (primary N) is 1. The lowest BCUT2D eigenvalue weighted by molar-refractivity contribution is 0.141. The van der Waals surface area contributed by atoms with Crippen LogP contribution in [-0.2, 0) is 6.42 Å². The Morgan fingerprint density at radius 3 is 2.37 bits per heavy atom. The molecular weight excluding hydrogens is 248 g/mol. The Hall–Kier alpha value is -1.78. The summed E-state index contributed by atoms with van der Waals surface area (Å²) in [4.78, 5) is 0. The molecule has 2 atom stereocenters. The first kappa shape index (κ1) is 13.6. The monoisotopic (exact) mass is 263 g/mol. The smallest absolute Gasteiger partial charge is 0.164 e. The van der Waals surface area contributed by atoms with Crippen molar-refractivity contribution in [3.05, 3.63) is 71.3 Å². The van der Waals surface area contributed by atoms with Crippen LogP contribution in [0.2, 0.25) is 0 Å². The zero-order chi connectivity index (χ0) is 13.8. The van der Waals surface area contributed by atoms with Crippen LogP contribution in [-0.4, -0.2) is 11.1 Å². The fourth-order valence-electron chi connectivity index (χ4n) is 1.98. The molecule has 2 rings (SSSR count). The largest absolute Gasteiger partial charge is 0.387 e. The van der Waals surface area contributed by atoms with E-state index in [-0.39, 0.29) is 5.56 Å². The van der Waals surface area contributed by atoms with E-state index in [1.54, 1.807) is 0 Å². The predicted molar refractivity (Wildman–Crippen MR) is 69.4 cm³/mol. The van der Waals surface area contributed by atoms with Crippen LogP contribution in [0.5, 0.6) is 0 Å². The number of benzene rings is 2. The Bertz CT molecular complexity index is 545. The van der Waals surface area contributed by atoms with Gasteiger partial charge in [-0.05, 0) is 18.1 Å². The lowest BCUT2D eigenvalue weighted by atomic mass is 9.96. The van der Waals surface area contributed by atoms with Gasteiger partial charge in [-0.25, -0.2) is 8.78 Å². The summed E-state index contributed by atoms with van der Waals surface area (Å²) in [6.45, 7) is 0. The third kappa shape index (κ3) is 3.16. The molecule has 0 fully saturated rings. The molecule has 0 aromatic heterocycles. The van der Waals surface area contributed by atoms with Gasteiger partial charge in [-0.3, -0.25) is 0 Å². The summed E-state index contributed by atoms with van der Waals surface area (Å²) in [7, 11) is 0. The van der Waals surface area contributed by atoms with Crippen molar-refractivity contribution < 1.29 is 13.9 Å². The number of aliphatic hydroxyl groups excluding tert-OH is 1. The third-order valence-electron chi connectivity index (χ3n) is 3.02. The molecule has 2 nitrogen and oxygen atoms in total. The van der Waals surface area contributed by atoms with Crippen LogP contribution in [0.1, 0.15) is 17.2 Å². The standard InChI is InChI=1S/C15H15F2NO/c16-12-8-4-7-11(14(12)17)15(19)13(18)9-10-5-2-1-3-6-10/h1-8,13,15,19H,9,18H2. The summed E-state index contributed by atoms with van der Waals surface area (Å²) in [5.74, 6) is -2.03. The predicted octanol–water partition coefficient (Wildman–Crippen LogP) is 2.57. The molecule has 0 bridgehead atoms. The molecule has 2 aromatic carbocycles. The van der Waals surface area contributed by atoms with Crippen LogP contribution >= 0.6 is 0 Å². The van der Waals surface area contributed by atoms with Crippen LogP contribution < -0.4 is 5.73 Å². The van der Waals surface area contributed by atoms with Crippen LogP contribution in [0.4, 0.5) is 8.78 Å². The normalized spacial score (nSPS) is 14.1. The van der Waals surface area contributed by atoms with Crippen molar-refractivity contribution in [2.75, 3.05) is 0 Å². The third-order valence-corrected chi connectivity index (χ3v) is 3.02. The second-order valence-electron chi connectivity index (χ2n) is 4.44. The maximum Gasteiger partial charge on any atom is 0.164 e. The molecule has 0 aliphatic carbocycles. The molecule has 3 N–H and O–H groups in total. The molecule has 100 valence electrons. The van der Waals surface area contributed by atoms with Crippen molar-refractivity contribution in [3.63, 3.8) is 0 Å². The quantitative estimate of drug-likeness (QED) is 0.890. The number of aliphatic hydroxyl groups is 1. The fourth-order valence-corrected chi connectivity index (χ4v) is 1.98. The highest BCUT2D eigenvalue weighted by molar-refractivity contribution is 5.24. The second kappa shape index (κ2) is 5.91. The van der Waals surface area contributed by atoms with E-state index < -0.39 is 23.8 Å². The van der Waals surface area contributed by atoms with Crippen LogP contribution in [0.15, 0.2) is 48.5 Å². The number of hydrogen-bond acceptors (Lipinski definition) is 2. The summed E-state index contributed by atoms with van der Waals surface area (Å²) >= 11 is 0. The van der Waals surface area contributed by atoms with Gasteiger partial charge in [0.05, 0.1) is 6.10 Å². The molecule has 0 radical (unpaired) electrons. The highest BCUT2D eigenvalue weighted by Gasteiger charge is 2.22. The minimum absolute atomic E-state index is 0.108. The Kier molecular flexibility index (Phi) is 4.24. The van der Waals surface area contributed by atoms with Crippen LogP contribution in [0.3, 0.4) is 0 Å². The van der Waals surface area contributed by atoms with Gasteiger partial charge in [0.25, 0.3) is 0 Å². The van der Waals surface area contributed by atoms with Crippen LogP contribution in [0.25, 0.3) is 0 Å². The second-order valence-corrected chi connectivity index (χ2v) is 4.44. The molecule has 2 aromatic rings. The van der Waals surface area contributed by atoms with Gasteiger partial charge in [-0.2, -0.15) is 0 Å². The van der Waals surface area contributed by atoms with E-state index in [0.717, 1.165) is 11.6 Å². The molecular formula is C15H15F2NO. The average molecular weight is 263 g/mol. The zero-order valence-electron chi connectivity index (χ0n) is 10.3. The molecule has 0 saturated heterocycles. The Labute approximate surface area is 110 Å². The first-order valence-corrected chi connectivity index (χ1v) is 6.01. The van der Waals surface area contributed by atoms with Gasteiger partial charge >= 0.3 is 0 Å². The summed E-state index contributed by atoms with van der Waals surface area (Å²) in [6, 6.07) is 12.3. The Morgan fingerprint density at radius 2 is 1.68 bits per heavy atom. The van der Waals surface area contributed by atoms with Crippen LogP contribution in [0, 0.1) is 11.6 Å². The van der Waals surface area contributed by atoms with E-state index in [1.807, 2.05) is 30.3 Å². The molecule has 0 spiro atoms. The highest BCUT2D eigenvalue weighted by atomic mass is 19.2. The summed E-state index contributed by atoms with van der Waals surface area (Å²) in [5, 5.41) is 10.0. The van der Waals surface area contributed by atoms with Gasteiger partial charge in [0, 0.05) is 11.6 Å². The van der Waals surface area contributed by atoms with Gasteiger partial charge in [-0.1, -0.05) is 42.5 Å². The van der Waals surface area contributed by atoms with Crippen molar-refractivity contribution in [1.82, 2.24) is 0 Å². The lowest BCUT2D eigenvalue weighted by Gasteiger charge is -2.20. The van der Waals surface area contributed by atoms with E-state index in [1.165, 1.54) is 12.1 Å². The number of halogens is 2. The van der Waals surface area contributed by atoms with Gasteiger partial charge < -0.3 is 10.8 Å². The maximum absolute atomic E-state index is 13.6. The fraction of sp³-hybridized carbons (Fsp3) is 0.200. The van der Waals surface area contributed by atoms with Crippen molar-refractivity contribution in [2.24, 2.45) is 5.73 Å². The van der Waals surface area contributed by atoms with Gasteiger partial charge in [0.1, 0.15) is 0 Å². The molecule has 0 saturated carbocycles. The van der Waals surface area contributed by atoms with E-state index in [0.29, 0.717) is 6.42 Å². The molecule has 0 heterocycles. The minimum Gasteiger partial charge on any atom is -0.387 e. The molecule has 0 amide bonds. The van der Waals surface area contributed by atoms with Gasteiger partial charge in [0.15, 0.2) is 11.6 Å².